The lowest BCUT2D eigenvalue weighted by Gasteiger charge is -2.48. The third kappa shape index (κ3) is 5.57. The molecule has 1 unspecified atom stereocenters. The van der Waals surface area contributed by atoms with Gasteiger partial charge < -0.3 is 19.9 Å². The van der Waals surface area contributed by atoms with Crippen LogP contribution in [0.15, 0.2) is 35.7 Å². The number of esters is 1. The van der Waals surface area contributed by atoms with Crippen LogP contribution in [0.5, 0.6) is 5.75 Å². The maximum absolute atomic E-state index is 12.6. The lowest BCUT2D eigenvalue weighted by molar-refractivity contribution is -0.153. The molecular formula is C18H15Cl3N2O7S. The second kappa shape index (κ2) is 9.56. The first-order chi connectivity index (χ1) is 14.6. The van der Waals surface area contributed by atoms with Crippen molar-refractivity contribution in [2.45, 2.75) is 21.6 Å². The summed E-state index contributed by atoms with van der Waals surface area (Å²) in [6.45, 7) is -0.269. The molecule has 13 heteroatoms. The van der Waals surface area contributed by atoms with Crippen molar-refractivity contribution < 1.29 is 33.8 Å². The highest BCUT2D eigenvalue weighted by Gasteiger charge is 2.54. The van der Waals surface area contributed by atoms with Crippen LogP contribution < -0.4 is 10.1 Å². The number of hydrogen-bond donors (Lipinski definition) is 2. The fourth-order valence-electron chi connectivity index (χ4n) is 2.96. The summed E-state index contributed by atoms with van der Waals surface area (Å²) in [5.41, 5.74) is 0.309. The monoisotopic (exact) mass is 508 g/mol. The molecule has 0 aliphatic carbocycles. The van der Waals surface area contributed by atoms with Gasteiger partial charge in [0.2, 0.25) is 9.70 Å². The average Bonchev–Trinajstić information content (AvgIpc) is 2.71. The number of β-lactam (4-membered cyclic amide) rings is 1. The minimum Gasteiger partial charge on any atom is -0.509 e. The van der Waals surface area contributed by atoms with Crippen LogP contribution in [0.1, 0.15) is 5.56 Å². The number of nitrogens with zero attached hydrogens (tertiary/aromatic N) is 1. The summed E-state index contributed by atoms with van der Waals surface area (Å²) in [5.74, 6) is -1.97. The molecule has 2 amide bonds. The molecule has 0 radical (unpaired) electrons. The Kier molecular flexibility index (Phi) is 7.25. The number of amides is 2. The number of ether oxygens (including phenoxy) is 2. The Morgan fingerprint density at radius 1 is 1.29 bits per heavy atom. The van der Waals surface area contributed by atoms with Crippen molar-refractivity contribution in [3.63, 3.8) is 0 Å². The molecular weight excluding hydrogens is 495 g/mol. The Balaban J connectivity index is 1.61. The highest BCUT2D eigenvalue weighted by atomic mass is 35.6. The Hall–Kier alpha value is -2.14. The topological polar surface area (TPSA) is 122 Å². The maximum Gasteiger partial charge on any atom is 0.358 e. The van der Waals surface area contributed by atoms with Gasteiger partial charge in [0, 0.05) is 0 Å². The number of aliphatic hydroxyl groups is 1. The van der Waals surface area contributed by atoms with E-state index >= 15 is 0 Å². The van der Waals surface area contributed by atoms with E-state index in [9.17, 15) is 24.3 Å². The Morgan fingerprint density at radius 2 is 1.97 bits per heavy atom. The van der Waals surface area contributed by atoms with E-state index in [4.69, 9.17) is 39.5 Å². The summed E-state index contributed by atoms with van der Waals surface area (Å²) in [6.07, 6.45) is -0.0121. The molecule has 0 spiro atoms. The molecule has 2 heterocycles. The van der Waals surface area contributed by atoms with Crippen LogP contribution in [0.3, 0.4) is 0 Å². The third-order valence-corrected chi connectivity index (χ3v) is 5.89. The number of alkyl halides is 3. The van der Waals surface area contributed by atoms with E-state index in [1.54, 1.807) is 12.1 Å². The van der Waals surface area contributed by atoms with Gasteiger partial charge in [0.15, 0.2) is 5.70 Å². The van der Waals surface area contributed by atoms with Gasteiger partial charge in [0.05, 0.1) is 12.2 Å². The zero-order valence-electron chi connectivity index (χ0n) is 15.5. The zero-order valence-corrected chi connectivity index (χ0v) is 18.6. The number of halogens is 3. The second-order valence-corrected chi connectivity index (χ2v) is 10.1. The molecule has 2 atom stereocenters. The average molecular weight is 510 g/mol. The van der Waals surface area contributed by atoms with E-state index in [0.717, 1.165) is 4.90 Å². The number of fused-ring (bicyclic) bond motifs is 1. The van der Waals surface area contributed by atoms with Crippen LogP contribution in [0.4, 0.5) is 0 Å². The second-order valence-electron chi connectivity index (χ2n) is 6.48. The van der Waals surface area contributed by atoms with Crippen LogP contribution in [-0.4, -0.2) is 61.8 Å². The summed E-state index contributed by atoms with van der Waals surface area (Å²) < 4.78 is 7.70. The number of carbonyl (C=O) groups excluding carboxylic acids is 4. The molecule has 0 bridgehead atoms. The summed E-state index contributed by atoms with van der Waals surface area (Å²) >= 11 is 17.8. The van der Waals surface area contributed by atoms with Gasteiger partial charge in [-0.3, -0.25) is 19.3 Å². The number of rotatable bonds is 7. The maximum atomic E-state index is 12.6. The smallest absolute Gasteiger partial charge is 0.358 e. The number of carbonyl (C=O) groups is 4. The molecule has 2 aliphatic heterocycles. The standard InChI is InChI=1S/C18H15Cl3N2O7S/c19-18(20,21)7-29-17(28)14-11(25)6-31-16-13(15(27)23(14)16)22-12(26)5-9-1-3-10(4-2-9)30-8-24/h1-4,8,13,16,25H,5-7H2,(H,22,26)/t13?,16-/m0/s1. The quantitative estimate of drug-likeness (QED) is 0.247. The molecule has 2 N–H and O–H groups in total. The molecule has 166 valence electrons. The van der Waals surface area contributed by atoms with Crippen LogP contribution >= 0.6 is 46.6 Å². The summed E-state index contributed by atoms with van der Waals surface area (Å²) in [4.78, 5) is 48.6. The molecule has 2 aliphatic rings. The number of benzene rings is 1. The lowest BCUT2D eigenvalue weighted by atomic mass is 10.0. The van der Waals surface area contributed by atoms with Gasteiger partial charge in [-0.25, -0.2) is 4.79 Å². The first-order valence-corrected chi connectivity index (χ1v) is 10.9. The third-order valence-electron chi connectivity index (χ3n) is 4.30. The molecule has 1 aromatic carbocycles. The summed E-state index contributed by atoms with van der Waals surface area (Å²) in [5, 5.41) is 12.1. The van der Waals surface area contributed by atoms with Gasteiger partial charge in [-0.1, -0.05) is 46.9 Å². The predicted molar refractivity (Wildman–Crippen MR) is 113 cm³/mol. The van der Waals surface area contributed by atoms with Crippen molar-refractivity contribution in [1.29, 1.82) is 0 Å². The molecule has 31 heavy (non-hydrogen) atoms. The van der Waals surface area contributed by atoms with Gasteiger partial charge >= 0.3 is 5.97 Å². The van der Waals surface area contributed by atoms with E-state index < -0.39 is 39.6 Å². The summed E-state index contributed by atoms with van der Waals surface area (Å²) in [6, 6.07) is 5.42. The fraction of sp³-hybridized carbons (Fsp3) is 0.333. The van der Waals surface area contributed by atoms with Crippen LogP contribution in [-0.2, 0) is 30.3 Å². The Morgan fingerprint density at radius 3 is 2.58 bits per heavy atom. The molecule has 9 nitrogen and oxygen atoms in total. The highest BCUT2D eigenvalue weighted by molar-refractivity contribution is 8.00. The highest BCUT2D eigenvalue weighted by Crippen LogP contribution is 2.40. The van der Waals surface area contributed by atoms with Crippen molar-refractivity contribution >= 4 is 70.8 Å². The van der Waals surface area contributed by atoms with E-state index in [1.807, 2.05) is 0 Å². The molecule has 0 aromatic heterocycles. The molecule has 1 fully saturated rings. The first kappa shape index (κ1) is 23.5. The minimum absolute atomic E-state index is 0.0121. The molecule has 0 saturated carbocycles. The molecule has 3 rings (SSSR count). The summed E-state index contributed by atoms with van der Waals surface area (Å²) in [7, 11) is 0. The van der Waals surface area contributed by atoms with E-state index in [0.29, 0.717) is 17.8 Å². The number of hydrogen-bond acceptors (Lipinski definition) is 8. The lowest BCUT2D eigenvalue weighted by Crippen LogP contribution is -2.70. The number of thioether (sulfide) groups is 1. The van der Waals surface area contributed by atoms with E-state index in [2.05, 4.69) is 10.1 Å². The molecule has 1 aromatic rings. The van der Waals surface area contributed by atoms with Gasteiger partial charge in [-0.15, -0.1) is 11.8 Å². The normalized spacial score (nSPS) is 20.5. The largest absolute Gasteiger partial charge is 0.509 e. The van der Waals surface area contributed by atoms with E-state index in [1.165, 1.54) is 23.9 Å². The van der Waals surface area contributed by atoms with Crippen molar-refractivity contribution in [3.05, 3.63) is 41.3 Å². The van der Waals surface area contributed by atoms with Crippen molar-refractivity contribution in [1.82, 2.24) is 10.2 Å². The van der Waals surface area contributed by atoms with Gasteiger partial charge in [0.1, 0.15) is 29.5 Å². The van der Waals surface area contributed by atoms with Gasteiger partial charge in [-0.2, -0.15) is 0 Å². The molecule has 1 saturated heterocycles. The first-order valence-electron chi connectivity index (χ1n) is 8.70. The van der Waals surface area contributed by atoms with Gasteiger partial charge in [-0.05, 0) is 17.7 Å². The fourth-order valence-corrected chi connectivity index (χ4v) is 4.32. The Bertz CT molecular complexity index is 933. The van der Waals surface area contributed by atoms with Crippen LogP contribution in [0, 0.1) is 0 Å². The zero-order chi connectivity index (χ0) is 22.8. The number of aliphatic hydroxyl groups excluding tert-OH is 1. The predicted octanol–water partition coefficient (Wildman–Crippen LogP) is 1.85. The van der Waals surface area contributed by atoms with Crippen molar-refractivity contribution in [3.8, 4) is 5.75 Å². The Labute approximate surface area is 195 Å². The van der Waals surface area contributed by atoms with Gasteiger partial charge in [0.25, 0.3) is 12.4 Å². The van der Waals surface area contributed by atoms with Crippen molar-refractivity contribution in [2.24, 2.45) is 0 Å². The SMILES string of the molecule is O=COc1ccc(CC(=O)NC2C(=O)N3C(C(=O)OCC(Cl)(Cl)Cl)=C(O)CS[C@@H]23)cc1. The van der Waals surface area contributed by atoms with Crippen LogP contribution in [0.2, 0.25) is 0 Å². The number of nitrogens with one attached hydrogen (secondary N) is 1. The van der Waals surface area contributed by atoms with E-state index in [-0.39, 0.29) is 23.6 Å². The van der Waals surface area contributed by atoms with Crippen molar-refractivity contribution in [2.75, 3.05) is 12.4 Å². The minimum atomic E-state index is -1.85. The van der Waals surface area contributed by atoms with Crippen LogP contribution in [0.25, 0.3) is 0 Å².